The third-order valence-electron chi connectivity index (χ3n) is 11.7. The van der Waals surface area contributed by atoms with E-state index in [1.54, 1.807) is 5.57 Å². The molecule has 2 saturated heterocycles. The number of allylic oxidation sites excluding steroid dienone is 1. The predicted octanol–water partition coefficient (Wildman–Crippen LogP) is 5.21. The lowest BCUT2D eigenvalue weighted by atomic mass is 9.46. The van der Waals surface area contributed by atoms with Crippen molar-refractivity contribution < 1.29 is 10.2 Å². The molecule has 11 atom stereocenters. The molecule has 0 spiro atoms. The summed E-state index contributed by atoms with van der Waals surface area (Å²) in [5.74, 6) is 4.48. The van der Waals surface area contributed by atoms with Gasteiger partial charge in [0.25, 0.3) is 0 Å². The zero-order valence-electron chi connectivity index (χ0n) is 19.8. The van der Waals surface area contributed by atoms with E-state index in [0.717, 1.165) is 55.0 Å². The van der Waals surface area contributed by atoms with Crippen LogP contribution in [0.3, 0.4) is 0 Å². The van der Waals surface area contributed by atoms with Gasteiger partial charge in [-0.25, -0.2) is 0 Å². The van der Waals surface area contributed by atoms with Crippen molar-refractivity contribution in [2.45, 2.75) is 96.7 Å². The normalized spacial score (nSPS) is 55.8. The van der Waals surface area contributed by atoms with Crippen LogP contribution in [-0.4, -0.2) is 46.5 Å². The molecule has 0 amide bonds. The fraction of sp³-hybridized carbons (Fsp3) is 0.926. The summed E-state index contributed by atoms with van der Waals surface area (Å²) in [6.07, 6.45) is 13.3. The Labute approximate surface area is 199 Å². The molecule has 5 fully saturated rings. The van der Waals surface area contributed by atoms with Crippen LogP contribution in [0.1, 0.15) is 78.6 Å². The van der Waals surface area contributed by atoms with Crippen molar-refractivity contribution in [3.63, 3.8) is 0 Å². The predicted molar refractivity (Wildman–Crippen MR) is 130 cm³/mol. The van der Waals surface area contributed by atoms with E-state index in [9.17, 15) is 10.2 Å². The molecule has 4 heteroatoms. The number of fused-ring (bicyclic) bond motifs is 9. The van der Waals surface area contributed by atoms with Crippen LogP contribution < -0.4 is 0 Å². The number of piperidine rings is 1. The van der Waals surface area contributed by atoms with Crippen molar-refractivity contribution in [1.29, 1.82) is 0 Å². The first kappa shape index (κ1) is 22.9. The van der Waals surface area contributed by atoms with Gasteiger partial charge in [0.2, 0.25) is 0 Å². The average Bonchev–Trinajstić information content (AvgIpc) is 3.22. The highest BCUT2D eigenvalue weighted by molar-refractivity contribution is 8.93. The van der Waals surface area contributed by atoms with Crippen LogP contribution in [0.15, 0.2) is 11.6 Å². The van der Waals surface area contributed by atoms with Gasteiger partial charge in [0, 0.05) is 30.7 Å². The Morgan fingerprint density at radius 1 is 1.06 bits per heavy atom. The second kappa shape index (κ2) is 7.82. The van der Waals surface area contributed by atoms with Gasteiger partial charge in [0.15, 0.2) is 0 Å². The zero-order valence-corrected chi connectivity index (χ0v) is 21.5. The molecule has 6 aliphatic rings. The summed E-state index contributed by atoms with van der Waals surface area (Å²) in [6, 6.07) is 1.49. The fourth-order valence-corrected chi connectivity index (χ4v) is 10.4. The van der Waals surface area contributed by atoms with Crippen LogP contribution in [0.4, 0.5) is 0 Å². The zero-order chi connectivity index (χ0) is 20.8. The number of hydrogen-bond donors (Lipinski definition) is 2. The van der Waals surface area contributed by atoms with Crippen molar-refractivity contribution in [2.24, 2.45) is 46.3 Å². The lowest BCUT2D eigenvalue weighted by molar-refractivity contribution is -0.0890. The maximum atomic E-state index is 11.0. The Morgan fingerprint density at radius 2 is 1.87 bits per heavy atom. The molecule has 0 aromatic carbocycles. The van der Waals surface area contributed by atoms with Gasteiger partial charge < -0.3 is 10.2 Å². The minimum absolute atomic E-state index is 0. The van der Waals surface area contributed by atoms with Gasteiger partial charge in [-0.05, 0) is 98.7 Å². The molecule has 0 radical (unpaired) electrons. The number of halogens is 1. The maximum absolute atomic E-state index is 11.0. The summed E-state index contributed by atoms with van der Waals surface area (Å²) in [6.45, 7) is 9.20. The molecular weight excluding hydrogens is 450 g/mol. The highest BCUT2D eigenvalue weighted by Gasteiger charge is 2.67. The van der Waals surface area contributed by atoms with Gasteiger partial charge in [0.05, 0.1) is 6.10 Å². The molecule has 3 nitrogen and oxygen atoms in total. The maximum Gasteiger partial charge on any atom is 0.0577 e. The molecule has 176 valence electrons. The van der Waals surface area contributed by atoms with E-state index in [2.05, 4.69) is 31.7 Å². The lowest BCUT2D eigenvalue weighted by Crippen LogP contribution is -2.53. The molecule has 2 heterocycles. The number of aliphatic hydroxyl groups excluding tert-OH is 2. The van der Waals surface area contributed by atoms with E-state index >= 15 is 0 Å². The summed E-state index contributed by atoms with van der Waals surface area (Å²) < 4.78 is 0. The number of nitrogens with zero attached hydrogens (tertiary/aromatic N) is 1. The fourth-order valence-electron chi connectivity index (χ4n) is 10.4. The van der Waals surface area contributed by atoms with Crippen LogP contribution in [0.5, 0.6) is 0 Å². The van der Waals surface area contributed by atoms with E-state index in [1.807, 2.05) is 0 Å². The molecule has 6 rings (SSSR count). The number of rotatable bonds is 1. The van der Waals surface area contributed by atoms with Crippen molar-refractivity contribution in [2.75, 3.05) is 13.2 Å². The molecule has 2 aliphatic heterocycles. The second-order valence-electron chi connectivity index (χ2n) is 12.7. The lowest BCUT2D eigenvalue weighted by Gasteiger charge is -2.58. The first-order chi connectivity index (χ1) is 14.4. The molecule has 0 aromatic rings. The summed E-state index contributed by atoms with van der Waals surface area (Å²) in [7, 11) is 0. The van der Waals surface area contributed by atoms with Gasteiger partial charge in [-0.2, -0.15) is 0 Å². The molecule has 2 N–H and O–H groups in total. The molecule has 31 heavy (non-hydrogen) atoms. The minimum Gasteiger partial charge on any atom is -0.396 e. The van der Waals surface area contributed by atoms with Crippen LogP contribution in [0.25, 0.3) is 0 Å². The molecule has 0 aromatic heterocycles. The van der Waals surface area contributed by atoms with Crippen LogP contribution in [-0.2, 0) is 0 Å². The van der Waals surface area contributed by atoms with Crippen molar-refractivity contribution in [1.82, 2.24) is 4.90 Å². The summed E-state index contributed by atoms with van der Waals surface area (Å²) in [5, 5.41) is 21.2. The summed E-state index contributed by atoms with van der Waals surface area (Å²) in [4.78, 5) is 2.93. The van der Waals surface area contributed by atoms with Crippen LogP contribution in [0.2, 0.25) is 0 Å². The quantitative estimate of drug-likeness (QED) is 0.492. The Hall–Kier alpha value is 0.1000. The third-order valence-corrected chi connectivity index (χ3v) is 11.7. The Morgan fingerprint density at radius 3 is 2.65 bits per heavy atom. The molecule has 3 saturated carbocycles. The number of aliphatic hydroxyl groups is 2. The first-order valence-electron chi connectivity index (χ1n) is 13.1. The highest BCUT2D eigenvalue weighted by Crippen LogP contribution is 2.69. The topological polar surface area (TPSA) is 43.7 Å². The van der Waals surface area contributed by atoms with Crippen LogP contribution >= 0.6 is 17.0 Å². The van der Waals surface area contributed by atoms with Crippen molar-refractivity contribution in [3.8, 4) is 0 Å². The summed E-state index contributed by atoms with van der Waals surface area (Å²) >= 11 is 0. The van der Waals surface area contributed by atoms with E-state index in [4.69, 9.17) is 0 Å². The molecule has 0 unspecified atom stereocenters. The van der Waals surface area contributed by atoms with Crippen LogP contribution in [0, 0.1) is 46.3 Å². The first-order valence-corrected chi connectivity index (χ1v) is 13.1. The molecule has 0 bridgehead atoms. The molecular formula is C27H44BrNO2. The van der Waals surface area contributed by atoms with Gasteiger partial charge in [-0.1, -0.05) is 32.4 Å². The average molecular weight is 495 g/mol. The smallest absolute Gasteiger partial charge is 0.0577 e. The number of hydrogen-bond acceptors (Lipinski definition) is 3. The third kappa shape index (κ3) is 2.99. The van der Waals surface area contributed by atoms with E-state index in [1.165, 1.54) is 45.1 Å². The standard InChI is InChI=1S/C27H43NO2.BrH/c1-16-4-7-23-17(2)25-24(28(23)14-16)13-22-20-6-5-18-12-19(30)8-10-26(18,3)21(20)9-11-27(22,25)15-29;/h5,16-17,19-25,29-30H,4,6-15H2,1-3H3;1H/t16-,17+,19-,20+,21-,22-,23+,24-,25-,26-,27+;/m0./s1. The van der Waals surface area contributed by atoms with Gasteiger partial charge in [-0.3, -0.25) is 4.90 Å². The van der Waals surface area contributed by atoms with Crippen molar-refractivity contribution in [3.05, 3.63) is 11.6 Å². The largest absolute Gasteiger partial charge is 0.396 e. The Bertz CT molecular complexity index is 741. The highest BCUT2D eigenvalue weighted by atomic mass is 79.9. The van der Waals surface area contributed by atoms with E-state index in [-0.39, 0.29) is 28.5 Å². The second-order valence-corrected chi connectivity index (χ2v) is 12.7. The summed E-state index contributed by atoms with van der Waals surface area (Å²) in [5.41, 5.74) is 2.03. The van der Waals surface area contributed by atoms with Crippen molar-refractivity contribution >= 4 is 17.0 Å². The monoisotopic (exact) mass is 493 g/mol. The minimum atomic E-state index is -0.120. The van der Waals surface area contributed by atoms with E-state index < -0.39 is 0 Å². The van der Waals surface area contributed by atoms with Gasteiger partial charge in [-0.15, -0.1) is 17.0 Å². The van der Waals surface area contributed by atoms with Gasteiger partial charge >= 0.3 is 0 Å². The molecule has 4 aliphatic carbocycles. The van der Waals surface area contributed by atoms with Gasteiger partial charge in [0.1, 0.15) is 0 Å². The van der Waals surface area contributed by atoms with E-state index in [0.29, 0.717) is 23.9 Å². The Balaban J connectivity index is 0.00000204. The Kier molecular flexibility index (Phi) is 5.77. The SMILES string of the molecule is Br.C[C@H]1CC[C@@H]2[C@@H](C)[C@H]3[C@H](C[C@H]4[C@@H]5CC=C6C[C@@H](O)CC[C@]6(C)[C@H]5CC[C@]34CO)N2C1.